The number of rotatable bonds is 7. The van der Waals surface area contributed by atoms with Gasteiger partial charge >= 0.3 is 0 Å². The molecular weight excluding hydrogens is 525 g/mol. The summed E-state index contributed by atoms with van der Waals surface area (Å²) in [6.45, 7) is 3.39. The van der Waals surface area contributed by atoms with Crippen LogP contribution in [0.2, 0.25) is 0 Å². The number of anilines is 1. The van der Waals surface area contributed by atoms with E-state index < -0.39 is 15.8 Å². The van der Waals surface area contributed by atoms with Crippen molar-refractivity contribution in [3.8, 4) is 0 Å². The number of sulfonamides is 1. The predicted octanol–water partition coefficient (Wildman–Crippen LogP) is 4.19. The monoisotopic (exact) mass is 563 g/mol. The van der Waals surface area contributed by atoms with Crippen molar-refractivity contribution in [3.63, 3.8) is 0 Å². The van der Waals surface area contributed by atoms with Crippen LogP contribution in [0, 0.1) is 5.82 Å². The van der Waals surface area contributed by atoms with Gasteiger partial charge in [0, 0.05) is 50.1 Å². The summed E-state index contributed by atoms with van der Waals surface area (Å²) in [7, 11) is -1.44. The molecule has 0 unspecified atom stereocenters. The van der Waals surface area contributed by atoms with Gasteiger partial charge in [0.1, 0.15) is 5.82 Å². The predicted molar refractivity (Wildman–Crippen MR) is 155 cm³/mol. The summed E-state index contributed by atoms with van der Waals surface area (Å²) in [6, 6.07) is 16.4. The molecule has 7 nitrogen and oxygen atoms in total. The minimum absolute atomic E-state index is 0.101. The van der Waals surface area contributed by atoms with Crippen LogP contribution in [0.3, 0.4) is 0 Å². The van der Waals surface area contributed by atoms with Gasteiger partial charge in [0.15, 0.2) is 0 Å². The summed E-state index contributed by atoms with van der Waals surface area (Å²) >= 11 is 0. The van der Waals surface area contributed by atoms with E-state index in [1.54, 1.807) is 0 Å². The number of hydrogen-bond acceptors (Lipinski definition) is 6. The Bertz CT molecular complexity index is 1440. The van der Waals surface area contributed by atoms with Crippen molar-refractivity contribution in [2.24, 2.45) is 0 Å². The number of nitrogens with zero attached hydrogens (tertiary/aromatic N) is 3. The first-order chi connectivity index (χ1) is 19.4. The van der Waals surface area contributed by atoms with Crippen molar-refractivity contribution < 1.29 is 12.8 Å². The Kier molecular flexibility index (Phi) is 7.90. The van der Waals surface area contributed by atoms with Crippen molar-refractivity contribution in [2.75, 3.05) is 31.6 Å². The van der Waals surface area contributed by atoms with Crippen LogP contribution in [-0.2, 0) is 29.4 Å². The molecule has 1 aromatic heterocycles. The third-order valence-electron chi connectivity index (χ3n) is 8.77. The summed E-state index contributed by atoms with van der Waals surface area (Å²) in [5.74, 6) is -0.445. The van der Waals surface area contributed by atoms with Crippen molar-refractivity contribution in [1.82, 2.24) is 19.9 Å². The van der Waals surface area contributed by atoms with Gasteiger partial charge in [-0.3, -0.25) is 9.88 Å². The highest BCUT2D eigenvalue weighted by molar-refractivity contribution is 7.89. The number of nitrogens with one attached hydrogen (secondary N) is 2. The molecule has 0 radical (unpaired) electrons. The van der Waals surface area contributed by atoms with E-state index in [0.717, 1.165) is 58.3 Å². The van der Waals surface area contributed by atoms with E-state index in [9.17, 15) is 12.8 Å². The molecule has 1 fully saturated rings. The highest BCUT2D eigenvalue weighted by Crippen LogP contribution is 2.34. The topological polar surface area (TPSA) is 77.6 Å². The average molecular weight is 564 g/mol. The fourth-order valence-electron chi connectivity index (χ4n) is 6.65. The number of piperidine rings is 1. The minimum atomic E-state index is -3.67. The van der Waals surface area contributed by atoms with Crippen LogP contribution in [0.25, 0.3) is 0 Å². The van der Waals surface area contributed by atoms with E-state index in [1.807, 2.05) is 12.3 Å². The third-order valence-corrected chi connectivity index (χ3v) is 10.3. The molecule has 3 aromatic rings. The van der Waals surface area contributed by atoms with Crippen molar-refractivity contribution in [1.29, 1.82) is 0 Å². The lowest BCUT2D eigenvalue weighted by Gasteiger charge is -2.39. The fraction of sp³-hybridized carbons (Fsp3) is 0.452. The largest absolute Gasteiger partial charge is 0.371 e. The number of aromatic nitrogens is 1. The highest BCUT2D eigenvalue weighted by atomic mass is 32.2. The molecule has 3 heterocycles. The lowest BCUT2D eigenvalue weighted by atomic mass is 9.89. The van der Waals surface area contributed by atoms with Crippen molar-refractivity contribution in [3.05, 3.63) is 89.0 Å². The van der Waals surface area contributed by atoms with Gasteiger partial charge in [0.05, 0.1) is 16.6 Å². The Balaban J connectivity index is 1.09. The molecule has 0 bridgehead atoms. The van der Waals surface area contributed by atoms with Gasteiger partial charge in [-0.1, -0.05) is 18.2 Å². The van der Waals surface area contributed by atoms with Crippen LogP contribution in [0.15, 0.2) is 65.7 Å². The zero-order chi connectivity index (χ0) is 27.7. The number of benzene rings is 2. The second-order valence-electron chi connectivity index (χ2n) is 11.4. The molecule has 1 saturated heterocycles. The smallest absolute Gasteiger partial charge is 0.240 e. The standard InChI is InChI=1S/C31H38FN5O2S/c1-36(30-9-2-5-22-7-4-16-33-31(22)30)21-26-19-28-23(20-34-26)6-3-8-29(28)37-17-14-25(15-18-37)35-40(38,39)27-12-10-24(32)11-13-27/h3-4,6-8,10-13,16,25-26,30,34-35H,2,5,9,14-15,17-21H2,1H3/t26-,30+/m1/s1. The average Bonchev–Trinajstić information content (AvgIpc) is 2.97. The van der Waals surface area contributed by atoms with Crippen LogP contribution >= 0.6 is 0 Å². The Morgan fingerprint density at radius 3 is 2.62 bits per heavy atom. The molecule has 9 heteroatoms. The Labute approximate surface area is 236 Å². The molecular formula is C31H38FN5O2S. The van der Waals surface area contributed by atoms with Gasteiger partial charge in [0.2, 0.25) is 10.0 Å². The summed E-state index contributed by atoms with van der Waals surface area (Å²) in [5, 5.41) is 3.77. The lowest BCUT2D eigenvalue weighted by Crippen LogP contribution is -2.47. The van der Waals surface area contributed by atoms with Crippen molar-refractivity contribution in [2.45, 2.75) is 68.1 Å². The number of likely N-dealkylation sites (N-methyl/N-ethyl adjacent to an activating group) is 1. The SMILES string of the molecule is CN(C[C@H]1Cc2c(cccc2N2CCC(NS(=O)(=O)c3ccc(F)cc3)CC2)CN1)[C@H]1CCCc2cccnc21. The number of hydrogen-bond donors (Lipinski definition) is 2. The van der Waals surface area contributed by atoms with E-state index in [2.05, 4.69) is 51.2 Å². The Morgan fingerprint density at radius 2 is 1.82 bits per heavy atom. The van der Waals surface area contributed by atoms with Gasteiger partial charge in [-0.25, -0.2) is 17.5 Å². The van der Waals surface area contributed by atoms with Crippen molar-refractivity contribution >= 4 is 15.7 Å². The molecule has 2 aliphatic heterocycles. The molecule has 2 atom stereocenters. The van der Waals surface area contributed by atoms with E-state index in [0.29, 0.717) is 12.1 Å². The van der Waals surface area contributed by atoms with E-state index in [1.165, 1.54) is 58.8 Å². The van der Waals surface area contributed by atoms with Crippen LogP contribution in [0.1, 0.15) is 54.1 Å². The molecule has 0 amide bonds. The molecule has 3 aliphatic rings. The van der Waals surface area contributed by atoms with Gasteiger partial charge in [0.25, 0.3) is 0 Å². The number of aryl methyl sites for hydroxylation is 1. The van der Waals surface area contributed by atoms with E-state index >= 15 is 0 Å². The molecule has 212 valence electrons. The Morgan fingerprint density at radius 1 is 1.05 bits per heavy atom. The number of pyridine rings is 1. The van der Waals surface area contributed by atoms with Crippen LogP contribution in [0.4, 0.5) is 10.1 Å². The van der Waals surface area contributed by atoms with Gasteiger partial charge in [-0.05, 0) is 98.7 Å². The summed E-state index contributed by atoms with van der Waals surface area (Å²) in [6.07, 6.45) is 7.81. The van der Waals surface area contributed by atoms with Gasteiger partial charge < -0.3 is 10.2 Å². The van der Waals surface area contributed by atoms with Gasteiger partial charge in [-0.15, -0.1) is 0 Å². The first-order valence-corrected chi connectivity index (χ1v) is 15.9. The minimum Gasteiger partial charge on any atom is -0.371 e. The normalized spacial score (nSPS) is 21.7. The van der Waals surface area contributed by atoms with E-state index in [-0.39, 0.29) is 10.9 Å². The first kappa shape index (κ1) is 27.3. The quantitative estimate of drug-likeness (QED) is 0.449. The summed E-state index contributed by atoms with van der Waals surface area (Å²) < 4.78 is 41.7. The maximum Gasteiger partial charge on any atom is 0.240 e. The van der Waals surface area contributed by atoms with Crippen LogP contribution < -0.4 is 14.9 Å². The molecule has 2 aromatic carbocycles. The summed E-state index contributed by atoms with van der Waals surface area (Å²) in [4.78, 5) is 9.74. The molecule has 0 spiro atoms. The maximum absolute atomic E-state index is 13.3. The second-order valence-corrected chi connectivity index (χ2v) is 13.1. The Hall–Kier alpha value is -2.85. The zero-order valence-electron chi connectivity index (χ0n) is 23.0. The molecule has 6 rings (SSSR count). The zero-order valence-corrected chi connectivity index (χ0v) is 23.8. The third kappa shape index (κ3) is 5.79. The fourth-order valence-corrected chi connectivity index (χ4v) is 7.95. The highest BCUT2D eigenvalue weighted by Gasteiger charge is 2.30. The van der Waals surface area contributed by atoms with Gasteiger partial charge in [-0.2, -0.15) is 0 Å². The van der Waals surface area contributed by atoms with E-state index in [4.69, 9.17) is 4.98 Å². The number of fused-ring (bicyclic) bond motifs is 2. The van der Waals surface area contributed by atoms with Crippen LogP contribution in [0.5, 0.6) is 0 Å². The second kappa shape index (κ2) is 11.6. The number of halogens is 1. The molecule has 0 saturated carbocycles. The first-order valence-electron chi connectivity index (χ1n) is 14.4. The molecule has 2 N–H and O–H groups in total. The lowest BCUT2D eigenvalue weighted by molar-refractivity contribution is 0.191. The maximum atomic E-state index is 13.3. The van der Waals surface area contributed by atoms with Crippen LogP contribution in [-0.4, -0.2) is 57.1 Å². The summed E-state index contributed by atoms with van der Waals surface area (Å²) in [5.41, 5.74) is 6.66. The molecule has 1 aliphatic carbocycles. The molecule has 40 heavy (non-hydrogen) atoms.